The topological polar surface area (TPSA) is 58.2 Å². The Morgan fingerprint density at radius 2 is 2.05 bits per heavy atom. The lowest BCUT2D eigenvalue weighted by Gasteiger charge is -2.13. The second kappa shape index (κ2) is 5.47. The van der Waals surface area contributed by atoms with Gasteiger partial charge in [-0.2, -0.15) is 0 Å². The fourth-order valence-electron chi connectivity index (χ4n) is 2.34. The van der Waals surface area contributed by atoms with Crippen molar-refractivity contribution in [1.82, 2.24) is 10.0 Å². The minimum atomic E-state index is -3.41. The van der Waals surface area contributed by atoms with E-state index in [2.05, 4.69) is 23.9 Å². The van der Waals surface area contributed by atoms with Crippen LogP contribution in [0.1, 0.15) is 38.8 Å². The summed E-state index contributed by atoms with van der Waals surface area (Å²) < 4.78 is 27.3. The zero-order valence-corrected chi connectivity index (χ0v) is 13.4. The molecule has 0 radical (unpaired) electrons. The zero-order chi connectivity index (χ0) is 15.0. The molecule has 1 aromatic carbocycles. The largest absolute Gasteiger partial charge is 0.313 e. The van der Waals surface area contributed by atoms with Gasteiger partial charge in [0.15, 0.2) is 0 Å². The van der Waals surface area contributed by atoms with Crippen LogP contribution in [-0.4, -0.2) is 22.0 Å². The Bertz CT molecular complexity index is 581. The molecule has 1 aliphatic carbocycles. The summed E-state index contributed by atoms with van der Waals surface area (Å²) in [5, 5.41) is 3.12. The summed E-state index contributed by atoms with van der Waals surface area (Å²) in [6, 6.07) is 7.24. The number of hydrogen-bond donors (Lipinski definition) is 2. The molecule has 5 heteroatoms. The van der Waals surface area contributed by atoms with Gasteiger partial charge in [0.1, 0.15) is 0 Å². The van der Waals surface area contributed by atoms with Crippen molar-refractivity contribution in [3.63, 3.8) is 0 Å². The molecule has 0 bridgehead atoms. The van der Waals surface area contributed by atoms with Gasteiger partial charge in [-0.15, -0.1) is 0 Å². The van der Waals surface area contributed by atoms with Gasteiger partial charge < -0.3 is 5.32 Å². The van der Waals surface area contributed by atoms with Crippen LogP contribution < -0.4 is 10.0 Å². The van der Waals surface area contributed by atoms with Gasteiger partial charge in [-0.05, 0) is 49.4 Å². The molecule has 0 saturated heterocycles. The summed E-state index contributed by atoms with van der Waals surface area (Å²) in [5.41, 5.74) is 1.26. The maximum Gasteiger partial charge on any atom is 0.240 e. The lowest BCUT2D eigenvalue weighted by atomic mass is 10.1. The van der Waals surface area contributed by atoms with Crippen LogP contribution in [0.3, 0.4) is 0 Å². The molecular formula is C15H24N2O2S. The van der Waals surface area contributed by atoms with Crippen molar-refractivity contribution in [1.29, 1.82) is 0 Å². The van der Waals surface area contributed by atoms with Crippen LogP contribution in [0.4, 0.5) is 0 Å². The van der Waals surface area contributed by atoms with Crippen molar-refractivity contribution >= 4 is 10.0 Å². The van der Waals surface area contributed by atoms with E-state index in [0.717, 1.165) is 12.0 Å². The fraction of sp³-hybridized carbons (Fsp3) is 0.600. The van der Waals surface area contributed by atoms with E-state index >= 15 is 0 Å². The number of rotatable bonds is 6. The standard InChI is InChI=1S/C15H24N2O2S/c1-11(16-4)12-6-5-7-14(8-12)20(18,19)17-10-13-9-15(13,2)3/h5-8,11,13,16-17H,9-10H2,1-4H3. The SMILES string of the molecule is CNC(C)c1cccc(S(=O)(=O)NCC2CC2(C)C)c1. The van der Waals surface area contributed by atoms with E-state index in [1.54, 1.807) is 18.2 Å². The third kappa shape index (κ3) is 3.40. The maximum absolute atomic E-state index is 12.3. The summed E-state index contributed by atoms with van der Waals surface area (Å²) in [6.45, 7) is 6.87. The van der Waals surface area contributed by atoms with E-state index in [-0.39, 0.29) is 11.5 Å². The molecule has 4 nitrogen and oxygen atoms in total. The average Bonchev–Trinajstić information content (AvgIpc) is 3.03. The Morgan fingerprint density at radius 3 is 2.60 bits per heavy atom. The monoisotopic (exact) mass is 296 g/mol. The highest BCUT2D eigenvalue weighted by Crippen LogP contribution is 2.51. The molecule has 1 aromatic rings. The number of sulfonamides is 1. The van der Waals surface area contributed by atoms with Gasteiger partial charge >= 0.3 is 0 Å². The van der Waals surface area contributed by atoms with Gasteiger partial charge in [-0.25, -0.2) is 13.1 Å². The smallest absolute Gasteiger partial charge is 0.240 e. The summed E-state index contributed by atoms with van der Waals surface area (Å²) >= 11 is 0. The quantitative estimate of drug-likeness (QED) is 0.847. The molecule has 2 atom stereocenters. The van der Waals surface area contributed by atoms with Crippen LogP contribution in [0.25, 0.3) is 0 Å². The normalized spacial score (nSPS) is 22.5. The van der Waals surface area contributed by atoms with E-state index < -0.39 is 10.0 Å². The van der Waals surface area contributed by atoms with Crippen LogP contribution in [0, 0.1) is 11.3 Å². The second-order valence-corrected chi connectivity index (χ2v) is 8.09. The van der Waals surface area contributed by atoms with Gasteiger partial charge in [0.25, 0.3) is 0 Å². The molecule has 112 valence electrons. The molecule has 0 aromatic heterocycles. The lowest BCUT2D eigenvalue weighted by Crippen LogP contribution is -2.27. The fourth-order valence-corrected chi connectivity index (χ4v) is 3.47. The van der Waals surface area contributed by atoms with Gasteiger partial charge in [-0.3, -0.25) is 0 Å². The molecule has 1 saturated carbocycles. The number of hydrogen-bond acceptors (Lipinski definition) is 3. The van der Waals surface area contributed by atoms with Crippen LogP contribution in [0.5, 0.6) is 0 Å². The van der Waals surface area contributed by atoms with E-state index in [1.165, 1.54) is 0 Å². The molecule has 0 spiro atoms. The predicted molar refractivity (Wildman–Crippen MR) is 81.0 cm³/mol. The van der Waals surface area contributed by atoms with Crippen LogP contribution in [-0.2, 0) is 10.0 Å². The van der Waals surface area contributed by atoms with Crippen molar-refractivity contribution in [3.8, 4) is 0 Å². The predicted octanol–water partition coefficient (Wildman–Crippen LogP) is 2.29. The van der Waals surface area contributed by atoms with Gasteiger partial charge in [-0.1, -0.05) is 26.0 Å². The zero-order valence-electron chi connectivity index (χ0n) is 12.6. The van der Waals surface area contributed by atoms with Gasteiger partial charge in [0.2, 0.25) is 10.0 Å². The Kier molecular flexibility index (Phi) is 4.23. The number of nitrogens with one attached hydrogen (secondary N) is 2. The molecular weight excluding hydrogens is 272 g/mol. The third-order valence-corrected chi connectivity index (χ3v) is 5.76. The van der Waals surface area contributed by atoms with Crippen LogP contribution >= 0.6 is 0 Å². The van der Waals surface area contributed by atoms with Crippen molar-refractivity contribution < 1.29 is 8.42 Å². The highest BCUT2D eigenvalue weighted by molar-refractivity contribution is 7.89. The van der Waals surface area contributed by atoms with Crippen molar-refractivity contribution in [3.05, 3.63) is 29.8 Å². The Balaban J connectivity index is 2.09. The molecule has 1 aliphatic rings. The third-order valence-electron chi connectivity index (χ3n) is 4.34. The lowest BCUT2D eigenvalue weighted by molar-refractivity contribution is 0.537. The molecule has 2 N–H and O–H groups in total. The first-order chi connectivity index (χ1) is 9.26. The Morgan fingerprint density at radius 1 is 1.40 bits per heavy atom. The first kappa shape index (κ1) is 15.5. The highest BCUT2D eigenvalue weighted by Gasteiger charge is 2.45. The van der Waals surface area contributed by atoms with E-state index in [4.69, 9.17) is 0 Å². The molecule has 0 aliphatic heterocycles. The summed E-state index contributed by atoms with van der Waals surface area (Å²) in [7, 11) is -1.55. The molecule has 20 heavy (non-hydrogen) atoms. The van der Waals surface area contributed by atoms with Crippen LogP contribution in [0.2, 0.25) is 0 Å². The average molecular weight is 296 g/mol. The molecule has 1 fully saturated rings. The summed E-state index contributed by atoms with van der Waals surface area (Å²) in [6.07, 6.45) is 1.09. The van der Waals surface area contributed by atoms with E-state index in [1.807, 2.05) is 20.0 Å². The number of benzene rings is 1. The first-order valence-corrected chi connectivity index (χ1v) is 8.51. The van der Waals surface area contributed by atoms with Crippen molar-refractivity contribution in [2.75, 3.05) is 13.6 Å². The van der Waals surface area contributed by atoms with Gasteiger partial charge in [0, 0.05) is 12.6 Å². The minimum absolute atomic E-state index is 0.132. The molecule has 0 amide bonds. The molecule has 2 rings (SSSR count). The van der Waals surface area contributed by atoms with E-state index in [0.29, 0.717) is 17.4 Å². The van der Waals surface area contributed by atoms with E-state index in [9.17, 15) is 8.42 Å². The van der Waals surface area contributed by atoms with Gasteiger partial charge in [0.05, 0.1) is 4.90 Å². The first-order valence-electron chi connectivity index (χ1n) is 7.03. The molecule has 0 heterocycles. The Hall–Kier alpha value is -0.910. The van der Waals surface area contributed by atoms with Crippen molar-refractivity contribution in [2.45, 2.75) is 38.1 Å². The maximum atomic E-state index is 12.3. The minimum Gasteiger partial charge on any atom is -0.313 e. The second-order valence-electron chi connectivity index (χ2n) is 6.32. The Labute approximate surface area is 122 Å². The highest BCUT2D eigenvalue weighted by atomic mass is 32.2. The summed E-state index contributed by atoms with van der Waals surface area (Å²) in [4.78, 5) is 0.343. The van der Waals surface area contributed by atoms with Crippen molar-refractivity contribution in [2.24, 2.45) is 11.3 Å². The van der Waals surface area contributed by atoms with Crippen LogP contribution in [0.15, 0.2) is 29.2 Å². The molecule has 2 unspecified atom stereocenters. The summed E-state index contributed by atoms with van der Waals surface area (Å²) in [5.74, 6) is 0.455.